The number of aryl methyl sites for hydroxylation is 3. The first-order chi connectivity index (χ1) is 9.60. The molecular formula is C14H21ClN4O. The van der Waals surface area contributed by atoms with Gasteiger partial charge < -0.3 is 5.11 Å². The van der Waals surface area contributed by atoms with Crippen LogP contribution in [0.1, 0.15) is 43.8 Å². The first-order valence-electron chi connectivity index (χ1n) is 7.05. The van der Waals surface area contributed by atoms with E-state index >= 15 is 0 Å². The zero-order valence-corrected chi connectivity index (χ0v) is 12.9. The van der Waals surface area contributed by atoms with Gasteiger partial charge >= 0.3 is 0 Å². The van der Waals surface area contributed by atoms with Crippen LogP contribution in [0.25, 0.3) is 0 Å². The summed E-state index contributed by atoms with van der Waals surface area (Å²) >= 11 is 6.36. The summed E-state index contributed by atoms with van der Waals surface area (Å²) in [5, 5.41) is 19.7. The highest BCUT2D eigenvalue weighted by atomic mass is 35.5. The van der Waals surface area contributed by atoms with Crippen molar-refractivity contribution < 1.29 is 5.11 Å². The molecule has 0 amide bonds. The van der Waals surface area contributed by atoms with E-state index in [1.54, 1.807) is 10.9 Å². The fourth-order valence-electron chi connectivity index (χ4n) is 2.24. The molecule has 2 aromatic heterocycles. The van der Waals surface area contributed by atoms with Crippen LogP contribution in [0, 0.1) is 0 Å². The van der Waals surface area contributed by atoms with Gasteiger partial charge in [0.15, 0.2) is 0 Å². The van der Waals surface area contributed by atoms with E-state index in [-0.39, 0.29) is 0 Å². The summed E-state index contributed by atoms with van der Waals surface area (Å²) in [7, 11) is 0. The fourth-order valence-corrected chi connectivity index (χ4v) is 2.58. The summed E-state index contributed by atoms with van der Waals surface area (Å²) in [5.74, 6) is 0. The molecular weight excluding hydrogens is 276 g/mol. The second-order valence-electron chi connectivity index (χ2n) is 4.73. The molecule has 2 aromatic rings. The van der Waals surface area contributed by atoms with E-state index in [1.165, 1.54) is 0 Å². The van der Waals surface area contributed by atoms with Gasteiger partial charge in [0, 0.05) is 31.3 Å². The second kappa shape index (κ2) is 6.41. The van der Waals surface area contributed by atoms with Gasteiger partial charge in [-0.1, -0.05) is 18.5 Å². The number of aliphatic hydroxyl groups is 1. The third kappa shape index (κ3) is 2.88. The Morgan fingerprint density at radius 2 is 2.05 bits per heavy atom. The first-order valence-corrected chi connectivity index (χ1v) is 7.42. The molecule has 0 aliphatic heterocycles. The van der Waals surface area contributed by atoms with Gasteiger partial charge in [-0.3, -0.25) is 9.36 Å². The summed E-state index contributed by atoms with van der Waals surface area (Å²) in [5.41, 5.74) is 2.59. The van der Waals surface area contributed by atoms with Crippen LogP contribution in [0.3, 0.4) is 0 Å². The van der Waals surface area contributed by atoms with Crippen molar-refractivity contribution in [3.63, 3.8) is 0 Å². The lowest BCUT2D eigenvalue weighted by molar-refractivity contribution is 0.175. The average molecular weight is 297 g/mol. The third-order valence-electron chi connectivity index (χ3n) is 3.44. The maximum atomic E-state index is 10.4. The molecule has 1 unspecified atom stereocenters. The van der Waals surface area contributed by atoms with Crippen molar-refractivity contribution >= 4 is 11.6 Å². The van der Waals surface area contributed by atoms with Crippen LogP contribution in [-0.4, -0.2) is 24.7 Å². The van der Waals surface area contributed by atoms with Crippen LogP contribution in [-0.2, 0) is 25.9 Å². The fraction of sp³-hybridized carbons (Fsp3) is 0.571. The maximum Gasteiger partial charge on any atom is 0.0876 e. The Morgan fingerprint density at radius 1 is 1.30 bits per heavy atom. The maximum absolute atomic E-state index is 10.4. The summed E-state index contributed by atoms with van der Waals surface area (Å²) in [6.07, 6.45) is 4.21. The highest BCUT2D eigenvalue weighted by Gasteiger charge is 2.19. The number of hydrogen-bond acceptors (Lipinski definition) is 3. The number of aromatic nitrogens is 4. The molecule has 0 aliphatic rings. The van der Waals surface area contributed by atoms with Gasteiger partial charge in [0.05, 0.1) is 28.7 Å². The smallest absolute Gasteiger partial charge is 0.0876 e. The quantitative estimate of drug-likeness (QED) is 0.891. The molecule has 5 nitrogen and oxygen atoms in total. The molecule has 110 valence electrons. The highest BCUT2D eigenvalue weighted by Crippen LogP contribution is 2.26. The Kier molecular flexibility index (Phi) is 4.83. The van der Waals surface area contributed by atoms with E-state index < -0.39 is 6.10 Å². The lowest BCUT2D eigenvalue weighted by Crippen LogP contribution is -2.08. The summed E-state index contributed by atoms with van der Waals surface area (Å²) in [6.45, 7) is 7.60. The Morgan fingerprint density at radius 3 is 2.60 bits per heavy atom. The van der Waals surface area contributed by atoms with E-state index in [4.69, 9.17) is 11.6 Å². The average Bonchev–Trinajstić information content (AvgIpc) is 3.05. The molecule has 2 rings (SSSR count). The van der Waals surface area contributed by atoms with Crippen molar-refractivity contribution in [2.75, 3.05) is 0 Å². The molecule has 2 heterocycles. The minimum atomic E-state index is -0.612. The number of aliphatic hydroxyl groups excluding tert-OH is 1. The Labute approximate surface area is 124 Å². The molecule has 0 aliphatic carbocycles. The van der Waals surface area contributed by atoms with Crippen molar-refractivity contribution in [1.82, 2.24) is 19.6 Å². The third-order valence-corrected chi connectivity index (χ3v) is 3.88. The van der Waals surface area contributed by atoms with Gasteiger partial charge in [-0.2, -0.15) is 10.2 Å². The van der Waals surface area contributed by atoms with Crippen LogP contribution >= 0.6 is 11.6 Å². The first kappa shape index (κ1) is 15.1. The van der Waals surface area contributed by atoms with Gasteiger partial charge in [-0.15, -0.1) is 0 Å². The number of nitrogens with zero attached hydrogens (tertiary/aromatic N) is 4. The molecule has 0 aromatic carbocycles. The lowest BCUT2D eigenvalue weighted by Gasteiger charge is -2.10. The van der Waals surface area contributed by atoms with E-state index in [2.05, 4.69) is 10.2 Å². The summed E-state index contributed by atoms with van der Waals surface area (Å²) in [4.78, 5) is 0. The predicted molar refractivity (Wildman–Crippen MR) is 78.9 cm³/mol. The monoisotopic (exact) mass is 296 g/mol. The zero-order valence-electron chi connectivity index (χ0n) is 12.2. The standard InChI is InChI=1S/C14H21ClN4O/c1-4-11-14(15)12(19(6-3)17-11)7-13(20)10-8-16-18(5-2)9-10/h8-9,13,20H,4-7H2,1-3H3. The van der Waals surface area contributed by atoms with E-state index in [0.29, 0.717) is 11.4 Å². The SMILES string of the molecule is CCc1nn(CC)c(CC(O)c2cnn(CC)c2)c1Cl. The number of halogens is 1. The van der Waals surface area contributed by atoms with Gasteiger partial charge in [0.2, 0.25) is 0 Å². The molecule has 1 N–H and O–H groups in total. The molecule has 0 fully saturated rings. The predicted octanol–water partition coefficient (Wildman–Crippen LogP) is 2.61. The van der Waals surface area contributed by atoms with Gasteiger partial charge in [0.25, 0.3) is 0 Å². The van der Waals surface area contributed by atoms with Crippen molar-refractivity contribution in [1.29, 1.82) is 0 Å². The van der Waals surface area contributed by atoms with Gasteiger partial charge in [0.1, 0.15) is 0 Å². The van der Waals surface area contributed by atoms with Crippen LogP contribution < -0.4 is 0 Å². The van der Waals surface area contributed by atoms with Crippen molar-refractivity contribution in [3.8, 4) is 0 Å². The normalized spacial score (nSPS) is 12.8. The minimum Gasteiger partial charge on any atom is -0.388 e. The van der Waals surface area contributed by atoms with Crippen molar-refractivity contribution in [2.24, 2.45) is 0 Å². The zero-order chi connectivity index (χ0) is 14.7. The van der Waals surface area contributed by atoms with E-state index in [0.717, 1.165) is 36.5 Å². The summed E-state index contributed by atoms with van der Waals surface area (Å²) < 4.78 is 3.67. The Bertz CT molecular complexity index is 576. The van der Waals surface area contributed by atoms with E-state index in [1.807, 2.05) is 31.6 Å². The molecule has 0 spiro atoms. The van der Waals surface area contributed by atoms with Crippen LogP contribution in [0.15, 0.2) is 12.4 Å². The lowest BCUT2D eigenvalue weighted by atomic mass is 10.1. The van der Waals surface area contributed by atoms with Crippen LogP contribution in [0.2, 0.25) is 5.02 Å². The Balaban J connectivity index is 2.22. The number of rotatable bonds is 6. The van der Waals surface area contributed by atoms with Gasteiger partial charge in [-0.05, 0) is 20.3 Å². The highest BCUT2D eigenvalue weighted by molar-refractivity contribution is 6.31. The topological polar surface area (TPSA) is 55.9 Å². The molecule has 0 bridgehead atoms. The van der Waals surface area contributed by atoms with Crippen LogP contribution in [0.5, 0.6) is 0 Å². The number of hydrogen-bond donors (Lipinski definition) is 1. The molecule has 6 heteroatoms. The Hall–Kier alpha value is -1.33. The molecule has 0 radical (unpaired) electrons. The molecule has 1 atom stereocenters. The van der Waals surface area contributed by atoms with E-state index in [9.17, 15) is 5.11 Å². The molecule has 0 saturated heterocycles. The van der Waals surface area contributed by atoms with Crippen molar-refractivity contribution in [3.05, 3.63) is 34.4 Å². The second-order valence-corrected chi connectivity index (χ2v) is 5.10. The largest absolute Gasteiger partial charge is 0.388 e. The van der Waals surface area contributed by atoms with Crippen LogP contribution in [0.4, 0.5) is 0 Å². The van der Waals surface area contributed by atoms with Gasteiger partial charge in [-0.25, -0.2) is 0 Å². The molecule has 20 heavy (non-hydrogen) atoms. The molecule has 0 saturated carbocycles. The minimum absolute atomic E-state index is 0.453. The summed E-state index contributed by atoms with van der Waals surface area (Å²) in [6, 6.07) is 0. The van der Waals surface area contributed by atoms with Crippen molar-refractivity contribution in [2.45, 2.75) is 52.8 Å².